The molecule has 5 heteroatoms. The van der Waals surface area contributed by atoms with Crippen LogP contribution >= 0.6 is 11.3 Å². The maximum Gasteiger partial charge on any atom is 0.261 e. The normalized spacial score (nSPS) is 13.3. The highest BCUT2D eigenvalue weighted by Gasteiger charge is 2.11. The minimum absolute atomic E-state index is 0.176. The van der Waals surface area contributed by atoms with E-state index in [2.05, 4.69) is 0 Å². The zero-order valence-corrected chi connectivity index (χ0v) is 10.6. The van der Waals surface area contributed by atoms with Crippen molar-refractivity contribution in [2.75, 3.05) is 13.2 Å². The molecule has 2 nitrogen and oxygen atoms in total. The van der Waals surface area contributed by atoms with Crippen molar-refractivity contribution >= 4 is 21.4 Å². The molecule has 0 aliphatic carbocycles. The molecule has 0 aliphatic heterocycles. The van der Waals surface area contributed by atoms with Crippen LogP contribution < -0.4 is 5.73 Å². The summed E-state index contributed by atoms with van der Waals surface area (Å²) in [6.07, 6.45) is -1.87. The highest BCUT2D eigenvalue weighted by atomic mass is 32.1. The molecule has 0 amide bonds. The fourth-order valence-corrected chi connectivity index (χ4v) is 2.82. The fourth-order valence-electron chi connectivity index (χ4n) is 1.85. The number of benzene rings is 1. The summed E-state index contributed by atoms with van der Waals surface area (Å²) in [5.74, 6) is 0. The lowest BCUT2D eigenvalue weighted by molar-refractivity contribution is 0.0152. The van der Waals surface area contributed by atoms with Gasteiger partial charge >= 0.3 is 0 Å². The van der Waals surface area contributed by atoms with E-state index >= 15 is 0 Å². The van der Waals surface area contributed by atoms with Crippen LogP contribution in [0.25, 0.3) is 10.1 Å². The van der Waals surface area contributed by atoms with Crippen LogP contribution in [-0.2, 0) is 4.74 Å². The zero-order valence-electron chi connectivity index (χ0n) is 9.81. The summed E-state index contributed by atoms with van der Waals surface area (Å²) in [7, 11) is 0. The highest BCUT2D eigenvalue weighted by Crippen LogP contribution is 2.29. The van der Waals surface area contributed by atoms with Gasteiger partial charge in [-0.25, -0.2) is 8.78 Å². The Bertz CT molecular complexity index is 500. The summed E-state index contributed by atoms with van der Waals surface area (Å²) >= 11 is 1.65. The van der Waals surface area contributed by atoms with Gasteiger partial charge in [-0.3, -0.25) is 0 Å². The van der Waals surface area contributed by atoms with Crippen LogP contribution in [-0.4, -0.2) is 19.6 Å². The van der Waals surface area contributed by atoms with Gasteiger partial charge in [0.25, 0.3) is 6.43 Å². The summed E-state index contributed by atoms with van der Waals surface area (Å²) in [6.45, 7) is -0.261. The standard InChI is InChI=1S/C13H15F2NOS/c14-12(15)8-17-6-4-11(16)10-3-1-2-9-5-7-18-13(9)10/h1-3,5,7,11-12H,4,6,8,16H2. The molecule has 0 bridgehead atoms. The monoisotopic (exact) mass is 271 g/mol. The van der Waals surface area contributed by atoms with Gasteiger partial charge in [0.05, 0.1) is 0 Å². The number of halogens is 2. The molecule has 0 radical (unpaired) electrons. The van der Waals surface area contributed by atoms with Crippen LogP contribution in [0.3, 0.4) is 0 Å². The highest BCUT2D eigenvalue weighted by molar-refractivity contribution is 7.17. The lowest BCUT2D eigenvalue weighted by atomic mass is 10.0. The molecule has 1 unspecified atom stereocenters. The molecule has 18 heavy (non-hydrogen) atoms. The van der Waals surface area contributed by atoms with E-state index in [9.17, 15) is 8.78 Å². The Morgan fingerprint density at radius 3 is 2.89 bits per heavy atom. The van der Waals surface area contributed by atoms with E-state index in [0.29, 0.717) is 6.42 Å². The topological polar surface area (TPSA) is 35.2 Å². The van der Waals surface area contributed by atoms with Gasteiger partial charge in [0.1, 0.15) is 6.61 Å². The number of hydrogen-bond acceptors (Lipinski definition) is 3. The first kappa shape index (κ1) is 13.4. The van der Waals surface area contributed by atoms with E-state index in [1.54, 1.807) is 11.3 Å². The molecule has 98 valence electrons. The second-order valence-electron chi connectivity index (χ2n) is 4.05. The summed E-state index contributed by atoms with van der Waals surface area (Å²) in [6, 6.07) is 7.85. The summed E-state index contributed by atoms with van der Waals surface area (Å²) in [5.41, 5.74) is 7.13. The second kappa shape index (κ2) is 6.22. The number of rotatable bonds is 6. The van der Waals surface area contributed by atoms with Crippen LogP contribution in [0.2, 0.25) is 0 Å². The van der Waals surface area contributed by atoms with E-state index in [1.807, 2.05) is 29.6 Å². The molecule has 1 aromatic carbocycles. The lowest BCUT2D eigenvalue weighted by Crippen LogP contribution is -2.14. The van der Waals surface area contributed by atoms with Gasteiger partial charge in [0.2, 0.25) is 0 Å². The Labute approximate surface area is 108 Å². The number of alkyl halides is 2. The van der Waals surface area contributed by atoms with Gasteiger partial charge in [0, 0.05) is 17.3 Å². The average Bonchev–Trinajstić information content (AvgIpc) is 2.82. The fraction of sp³-hybridized carbons (Fsp3) is 0.385. The third-order valence-electron chi connectivity index (χ3n) is 2.73. The van der Waals surface area contributed by atoms with Crippen molar-refractivity contribution in [2.24, 2.45) is 5.73 Å². The number of fused-ring (bicyclic) bond motifs is 1. The Kier molecular flexibility index (Phi) is 4.63. The number of hydrogen-bond donors (Lipinski definition) is 1. The second-order valence-corrected chi connectivity index (χ2v) is 4.96. The predicted octanol–water partition coefficient (Wildman–Crippen LogP) is 3.57. The van der Waals surface area contributed by atoms with Crippen molar-refractivity contribution in [3.8, 4) is 0 Å². The van der Waals surface area contributed by atoms with Gasteiger partial charge in [-0.1, -0.05) is 18.2 Å². The largest absolute Gasteiger partial charge is 0.375 e. The maximum absolute atomic E-state index is 11.9. The Hall–Kier alpha value is -1.04. The molecule has 0 saturated carbocycles. The molecule has 0 fully saturated rings. The van der Waals surface area contributed by atoms with Crippen molar-refractivity contribution in [2.45, 2.75) is 18.9 Å². The van der Waals surface area contributed by atoms with Crippen LogP contribution in [0, 0.1) is 0 Å². The quantitative estimate of drug-likeness (QED) is 0.815. The first-order valence-electron chi connectivity index (χ1n) is 5.76. The van der Waals surface area contributed by atoms with Crippen LogP contribution in [0.5, 0.6) is 0 Å². The molecule has 0 saturated heterocycles. The van der Waals surface area contributed by atoms with Gasteiger partial charge in [-0.05, 0) is 28.8 Å². The zero-order chi connectivity index (χ0) is 13.0. The first-order chi connectivity index (χ1) is 8.68. The van der Waals surface area contributed by atoms with Gasteiger partial charge < -0.3 is 10.5 Å². The smallest absolute Gasteiger partial charge is 0.261 e. The molecule has 0 spiro atoms. The summed E-state index contributed by atoms with van der Waals surface area (Å²) in [4.78, 5) is 0. The van der Waals surface area contributed by atoms with E-state index in [1.165, 1.54) is 10.1 Å². The molecule has 0 aliphatic rings. The van der Waals surface area contributed by atoms with E-state index in [0.717, 1.165) is 5.56 Å². The Morgan fingerprint density at radius 1 is 1.28 bits per heavy atom. The Morgan fingerprint density at radius 2 is 2.11 bits per heavy atom. The number of nitrogens with two attached hydrogens (primary N) is 1. The first-order valence-corrected chi connectivity index (χ1v) is 6.64. The predicted molar refractivity (Wildman–Crippen MR) is 70.2 cm³/mol. The number of thiophene rings is 1. The average molecular weight is 271 g/mol. The molecular weight excluding hydrogens is 256 g/mol. The minimum atomic E-state index is -2.41. The van der Waals surface area contributed by atoms with Crippen LogP contribution in [0.15, 0.2) is 29.6 Å². The van der Waals surface area contributed by atoms with Crippen molar-refractivity contribution < 1.29 is 13.5 Å². The number of ether oxygens (including phenoxy) is 1. The molecule has 1 atom stereocenters. The van der Waals surface area contributed by atoms with Gasteiger partial charge in [-0.15, -0.1) is 11.3 Å². The van der Waals surface area contributed by atoms with Crippen LogP contribution in [0.1, 0.15) is 18.0 Å². The van der Waals surface area contributed by atoms with Crippen molar-refractivity contribution in [3.63, 3.8) is 0 Å². The maximum atomic E-state index is 11.9. The molecular formula is C13H15F2NOS. The van der Waals surface area contributed by atoms with Gasteiger partial charge in [0.15, 0.2) is 0 Å². The van der Waals surface area contributed by atoms with E-state index < -0.39 is 13.0 Å². The summed E-state index contributed by atoms with van der Waals surface area (Å²) < 4.78 is 29.8. The SMILES string of the molecule is NC(CCOCC(F)F)c1cccc2ccsc12. The lowest BCUT2D eigenvalue weighted by Gasteiger charge is -2.13. The van der Waals surface area contributed by atoms with Crippen molar-refractivity contribution in [3.05, 3.63) is 35.2 Å². The molecule has 2 aromatic rings. The van der Waals surface area contributed by atoms with E-state index in [4.69, 9.17) is 10.5 Å². The Balaban J connectivity index is 1.96. The van der Waals surface area contributed by atoms with Crippen molar-refractivity contribution in [1.82, 2.24) is 0 Å². The molecule has 2 N–H and O–H groups in total. The minimum Gasteiger partial charge on any atom is -0.375 e. The van der Waals surface area contributed by atoms with E-state index in [-0.39, 0.29) is 12.6 Å². The third kappa shape index (κ3) is 3.25. The molecule has 1 aromatic heterocycles. The molecule has 2 rings (SSSR count). The third-order valence-corrected chi connectivity index (χ3v) is 3.71. The summed E-state index contributed by atoms with van der Waals surface area (Å²) in [5, 5.41) is 3.19. The van der Waals surface area contributed by atoms with Crippen molar-refractivity contribution in [1.29, 1.82) is 0 Å². The molecule has 1 heterocycles. The van der Waals surface area contributed by atoms with Gasteiger partial charge in [-0.2, -0.15) is 0 Å². The van der Waals surface area contributed by atoms with Crippen LogP contribution in [0.4, 0.5) is 8.78 Å².